The molecule has 0 aliphatic carbocycles. The number of halogens is 1. The number of nitrogens with zero attached hydrogens (tertiary/aromatic N) is 2. The van der Waals surface area contributed by atoms with E-state index in [0.29, 0.717) is 0 Å². The van der Waals surface area contributed by atoms with E-state index in [1.807, 2.05) is 57.2 Å². The van der Waals surface area contributed by atoms with Gasteiger partial charge >= 0.3 is 0 Å². The van der Waals surface area contributed by atoms with Gasteiger partial charge in [-0.25, -0.2) is 4.39 Å². The zero-order valence-corrected chi connectivity index (χ0v) is 16.0. The van der Waals surface area contributed by atoms with Gasteiger partial charge in [-0.3, -0.25) is 4.79 Å². The zero-order chi connectivity index (χ0) is 20.3. The summed E-state index contributed by atoms with van der Waals surface area (Å²) in [5.74, 6) is -1.20. The van der Waals surface area contributed by atoms with Crippen LogP contribution in [-0.4, -0.2) is 10.5 Å². The summed E-state index contributed by atoms with van der Waals surface area (Å²) in [7, 11) is 0. The van der Waals surface area contributed by atoms with Crippen LogP contribution >= 0.6 is 0 Å². The molecule has 3 rings (SSSR count). The van der Waals surface area contributed by atoms with Crippen LogP contribution in [0.15, 0.2) is 60.2 Å². The zero-order valence-electron chi connectivity index (χ0n) is 16.0. The molecule has 4 nitrogen and oxygen atoms in total. The predicted molar refractivity (Wildman–Crippen MR) is 109 cm³/mol. The fourth-order valence-corrected chi connectivity index (χ4v) is 3.08. The Bertz CT molecular complexity index is 1100. The van der Waals surface area contributed by atoms with E-state index in [1.54, 1.807) is 6.07 Å². The maximum atomic E-state index is 13.8. The average Bonchev–Trinajstić information content (AvgIpc) is 2.95. The summed E-state index contributed by atoms with van der Waals surface area (Å²) in [5, 5.41) is 11.9. The van der Waals surface area contributed by atoms with Crippen molar-refractivity contribution in [3.05, 3.63) is 88.5 Å². The van der Waals surface area contributed by atoms with Crippen molar-refractivity contribution < 1.29 is 9.18 Å². The first-order valence-electron chi connectivity index (χ1n) is 8.84. The van der Waals surface area contributed by atoms with Crippen molar-refractivity contribution in [3.8, 4) is 11.8 Å². The normalized spacial score (nSPS) is 11.2. The van der Waals surface area contributed by atoms with E-state index in [-0.39, 0.29) is 11.3 Å². The van der Waals surface area contributed by atoms with Crippen molar-refractivity contribution >= 4 is 17.7 Å². The lowest BCUT2D eigenvalue weighted by Gasteiger charge is -2.10. The van der Waals surface area contributed by atoms with Gasteiger partial charge in [-0.15, -0.1) is 0 Å². The van der Waals surface area contributed by atoms with E-state index in [9.17, 15) is 14.4 Å². The highest BCUT2D eigenvalue weighted by atomic mass is 19.1. The van der Waals surface area contributed by atoms with E-state index in [4.69, 9.17) is 0 Å². The monoisotopic (exact) mass is 373 g/mol. The minimum atomic E-state index is -0.646. The molecule has 1 heterocycles. The molecule has 0 unspecified atom stereocenters. The van der Waals surface area contributed by atoms with E-state index in [1.165, 1.54) is 29.8 Å². The minimum absolute atomic E-state index is 0.0405. The summed E-state index contributed by atoms with van der Waals surface area (Å²) in [6.45, 7) is 5.93. The fraction of sp³-hybridized carbons (Fsp3) is 0.130. The number of anilines is 1. The number of nitriles is 1. The number of rotatable bonds is 4. The standard InChI is InChI=1S/C23H20FN3O/c1-15-8-10-20(11-9-15)27-16(2)12-18(17(27)3)13-19(14-25)23(28)26-22-7-5-4-6-21(22)24/h4-13H,1-3H3,(H,26,28)/b19-13+. The lowest BCUT2D eigenvalue weighted by Crippen LogP contribution is -2.14. The number of aryl methyl sites for hydroxylation is 2. The third-order valence-corrected chi connectivity index (χ3v) is 4.55. The molecule has 2 aromatic carbocycles. The second kappa shape index (κ2) is 7.93. The lowest BCUT2D eigenvalue weighted by molar-refractivity contribution is -0.112. The number of aromatic nitrogens is 1. The second-order valence-electron chi connectivity index (χ2n) is 6.60. The Hall–Kier alpha value is -3.65. The number of carbonyl (C=O) groups is 1. The highest BCUT2D eigenvalue weighted by Gasteiger charge is 2.15. The second-order valence-corrected chi connectivity index (χ2v) is 6.60. The first-order chi connectivity index (χ1) is 13.4. The average molecular weight is 373 g/mol. The van der Waals surface area contributed by atoms with Gasteiger partial charge in [0.15, 0.2) is 0 Å². The Morgan fingerprint density at radius 2 is 1.79 bits per heavy atom. The van der Waals surface area contributed by atoms with E-state index < -0.39 is 11.7 Å². The van der Waals surface area contributed by atoms with Crippen LogP contribution in [0.5, 0.6) is 0 Å². The molecule has 0 atom stereocenters. The molecule has 0 aliphatic rings. The number of amides is 1. The van der Waals surface area contributed by atoms with Gasteiger partial charge in [-0.1, -0.05) is 29.8 Å². The first kappa shape index (κ1) is 19.1. The van der Waals surface area contributed by atoms with Crippen LogP contribution in [0.25, 0.3) is 11.8 Å². The van der Waals surface area contributed by atoms with Crippen LogP contribution < -0.4 is 5.32 Å². The van der Waals surface area contributed by atoms with Crippen molar-refractivity contribution in [2.75, 3.05) is 5.32 Å². The number of nitrogens with one attached hydrogen (secondary N) is 1. The van der Waals surface area contributed by atoms with Gasteiger partial charge in [0.05, 0.1) is 5.69 Å². The molecule has 0 radical (unpaired) electrons. The predicted octanol–water partition coefficient (Wildman–Crippen LogP) is 5.09. The third-order valence-electron chi connectivity index (χ3n) is 4.55. The topological polar surface area (TPSA) is 57.8 Å². The van der Waals surface area contributed by atoms with Crippen molar-refractivity contribution in [1.82, 2.24) is 4.57 Å². The molecule has 0 fully saturated rings. The summed E-state index contributed by atoms with van der Waals surface area (Å²) in [4.78, 5) is 12.4. The Morgan fingerprint density at radius 3 is 2.43 bits per heavy atom. The Balaban J connectivity index is 1.94. The van der Waals surface area contributed by atoms with Crippen LogP contribution in [0, 0.1) is 37.9 Å². The molecular formula is C23H20FN3O. The smallest absolute Gasteiger partial charge is 0.266 e. The van der Waals surface area contributed by atoms with Crippen molar-refractivity contribution in [2.24, 2.45) is 0 Å². The summed E-state index contributed by atoms with van der Waals surface area (Å²) in [6, 6.07) is 17.8. The maximum absolute atomic E-state index is 13.8. The molecule has 28 heavy (non-hydrogen) atoms. The highest BCUT2D eigenvalue weighted by Crippen LogP contribution is 2.23. The van der Waals surface area contributed by atoms with Gasteiger partial charge in [0.1, 0.15) is 17.5 Å². The van der Waals surface area contributed by atoms with Gasteiger partial charge in [-0.2, -0.15) is 5.26 Å². The van der Waals surface area contributed by atoms with Gasteiger partial charge in [0.2, 0.25) is 0 Å². The molecule has 0 saturated carbocycles. The van der Waals surface area contributed by atoms with Crippen LogP contribution in [0.1, 0.15) is 22.5 Å². The van der Waals surface area contributed by atoms with E-state index >= 15 is 0 Å². The number of benzene rings is 2. The molecule has 0 spiro atoms. The van der Waals surface area contributed by atoms with Gasteiger partial charge in [0.25, 0.3) is 5.91 Å². The minimum Gasteiger partial charge on any atom is -0.319 e. The molecule has 3 aromatic rings. The van der Waals surface area contributed by atoms with Crippen LogP contribution in [-0.2, 0) is 4.79 Å². The molecule has 1 aromatic heterocycles. The summed E-state index contributed by atoms with van der Waals surface area (Å²) in [6.07, 6.45) is 1.53. The van der Waals surface area contributed by atoms with Crippen LogP contribution in [0.4, 0.5) is 10.1 Å². The maximum Gasteiger partial charge on any atom is 0.266 e. The quantitative estimate of drug-likeness (QED) is 0.512. The largest absolute Gasteiger partial charge is 0.319 e. The van der Waals surface area contributed by atoms with Gasteiger partial charge < -0.3 is 9.88 Å². The molecular weight excluding hydrogens is 353 g/mol. The van der Waals surface area contributed by atoms with Crippen LogP contribution in [0.3, 0.4) is 0 Å². The van der Waals surface area contributed by atoms with Gasteiger partial charge in [0, 0.05) is 17.1 Å². The summed E-state index contributed by atoms with van der Waals surface area (Å²) >= 11 is 0. The molecule has 0 bridgehead atoms. The van der Waals surface area contributed by atoms with Crippen molar-refractivity contribution in [1.29, 1.82) is 5.26 Å². The number of hydrogen-bond donors (Lipinski definition) is 1. The number of para-hydroxylation sites is 1. The van der Waals surface area contributed by atoms with E-state index in [0.717, 1.165) is 22.6 Å². The molecule has 0 saturated heterocycles. The first-order valence-corrected chi connectivity index (χ1v) is 8.84. The Labute approximate surface area is 163 Å². The van der Waals surface area contributed by atoms with E-state index in [2.05, 4.69) is 9.88 Å². The van der Waals surface area contributed by atoms with Crippen molar-refractivity contribution in [2.45, 2.75) is 20.8 Å². The van der Waals surface area contributed by atoms with Crippen molar-refractivity contribution in [3.63, 3.8) is 0 Å². The van der Waals surface area contributed by atoms with Gasteiger partial charge in [-0.05, 0) is 62.7 Å². The molecule has 1 amide bonds. The summed E-state index contributed by atoms with van der Waals surface area (Å²) in [5.41, 5.74) is 4.79. The molecule has 1 N–H and O–H groups in total. The fourth-order valence-electron chi connectivity index (χ4n) is 3.08. The Kier molecular flexibility index (Phi) is 5.42. The van der Waals surface area contributed by atoms with Crippen LogP contribution in [0.2, 0.25) is 0 Å². The number of carbonyl (C=O) groups excluding carboxylic acids is 1. The molecule has 0 aliphatic heterocycles. The molecule has 140 valence electrons. The SMILES string of the molecule is Cc1ccc(-n2c(C)cc(/C=C(\C#N)C(=O)Nc3ccccc3F)c2C)cc1. The molecule has 5 heteroatoms. The Morgan fingerprint density at radius 1 is 1.11 bits per heavy atom. The lowest BCUT2D eigenvalue weighted by atomic mass is 10.1. The summed E-state index contributed by atoms with van der Waals surface area (Å²) < 4.78 is 15.8. The third kappa shape index (κ3) is 3.86. The number of hydrogen-bond acceptors (Lipinski definition) is 2. The highest BCUT2D eigenvalue weighted by molar-refractivity contribution is 6.09.